The van der Waals surface area contributed by atoms with Crippen molar-refractivity contribution < 1.29 is 19.1 Å². The summed E-state index contributed by atoms with van der Waals surface area (Å²) >= 11 is 1.47. The summed E-state index contributed by atoms with van der Waals surface area (Å²) in [6.45, 7) is 8.17. The number of aryl methyl sites for hydroxylation is 1. The Morgan fingerprint density at radius 3 is 2.50 bits per heavy atom. The van der Waals surface area contributed by atoms with Crippen LogP contribution in [0.4, 0.5) is 10.7 Å². The first-order chi connectivity index (χ1) is 19.0. The monoisotopic (exact) mass is 561 g/mol. The van der Waals surface area contributed by atoms with Gasteiger partial charge in [0.2, 0.25) is 0 Å². The minimum atomic E-state index is -0.503. The average molecular weight is 562 g/mol. The third kappa shape index (κ3) is 5.21. The Morgan fingerprint density at radius 1 is 1.12 bits per heavy atom. The Bertz CT molecular complexity index is 1430. The number of nitrogens with zero attached hydrogens (tertiary/aromatic N) is 1. The number of hydrogen-bond acceptors (Lipinski definition) is 7. The van der Waals surface area contributed by atoms with Gasteiger partial charge in [-0.25, -0.2) is 4.79 Å². The highest BCUT2D eigenvalue weighted by atomic mass is 32.1. The average Bonchev–Trinajstić information content (AvgIpc) is 3.25. The van der Waals surface area contributed by atoms with Gasteiger partial charge in [0.1, 0.15) is 5.00 Å². The molecule has 1 atom stereocenters. The predicted octanol–water partition coefficient (Wildman–Crippen LogP) is 6.11. The fourth-order valence-corrected chi connectivity index (χ4v) is 7.55. The van der Waals surface area contributed by atoms with E-state index in [-0.39, 0.29) is 23.7 Å². The standard InChI is InChI=1S/C32H39N3O4S/c1-7-39-31(38)27-21-10-8-9-11-24(21)40-30(27)34-29(37)25-18(2)33-22-16-32(3,4)17-23(36)28(22)26(25)19-12-14-20(15-13-19)35(5)6/h12-15,26,33H,7-11,16-17H2,1-6H3,(H,34,37)/t26-/m0/s1. The summed E-state index contributed by atoms with van der Waals surface area (Å²) in [6, 6.07) is 8.06. The van der Waals surface area contributed by atoms with Gasteiger partial charge in [-0.3, -0.25) is 9.59 Å². The number of fused-ring (bicyclic) bond motifs is 1. The summed E-state index contributed by atoms with van der Waals surface area (Å²) in [4.78, 5) is 44.1. The molecule has 1 aromatic heterocycles. The minimum Gasteiger partial charge on any atom is -0.462 e. The molecular formula is C32H39N3O4S. The van der Waals surface area contributed by atoms with E-state index in [9.17, 15) is 14.4 Å². The van der Waals surface area contributed by atoms with Crippen LogP contribution in [0.1, 0.15) is 85.7 Å². The summed E-state index contributed by atoms with van der Waals surface area (Å²) in [5.41, 5.74) is 6.06. The first-order valence-corrected chi connectivity index (χ1v) is 15.0. The number of carbonyl (C=O) groups is 3. The van der Waals surface area contributed by atoms with E-state index < -0.39 is 11.9 Å². The van der Waals surface area contributed by atoms with Gasteiger partial charge >= 0.3 is 5.97 Å². The first kappa shape index (κ1) is 28.1. The quantitative estimate of drug-likeness (QED) is 0.414. The summed E-state index contributed by atoms with van der Waals surface area (Å²) in [5.74, 6) is -1.14. The van der Waals surface area contributed by atoms with Crippen LogP contribution < -0.4 is 15.5 Å². The molecular weight excluding hydrogens is 522 g/mol. The van der Waals surface area contributed by atoms with Gasteiger partial charge < -0.3 is 20.3 Å². The van der Waals surface area contributed by atoms with E-state index in [0.29, 0.717) is 28.1 Å². The fraction of sp³-hybridized carbons (Fsp3) is 0.469. The smallest absolute Gasteiger partial charge is 0.341 e. The van der Waals surface area contributed by atoms with Crippen molar-refractivity contribution >= 4 is 39.7 Å². The Morgan fingerprint density at radius 2 is 1.82 bits per heavy atom. The number of thiophene rings is 1. The zero-order chi connectivity index (χ0) is 28.8. The molecule has 8 heteroatoms. The molecule has 5 rings (SSSR count). The van der Waals surface area contributed by atoms with E-state index in [2.05, 4.69) is 24.5 Å². The van der Waals surface area contributed by atoms with E-state index in [1.807, 2.05) is 50.2 Å². The van der Waals surface area contributed by atoms with Crippen LogP contribution >= 0.6 is 11.3 Å². The highest BCUT2D eigenvalue weighted by molar-refractivity contribution is 7.17. The van der Waals surface area contributed by atoms with Crippen molar-refractivity contribution in [1.82, 2.24) is 5.32 Å². The van der Waals surface area contributed by atoms with Crippen molar-refractivity contribution in [3.8, 4) is 0 Å². The molecule has 0 fully saturated rings. The molecule has 0 saturated heterocycles. The maximum absolute atomic E-state index is 14.2. The third-order valence-corrected chi connectivity index (χ3v) is 9.31. The van der Waals surface area contributed by atoms with Crippen LogP contribution in [0.15, 0.2) is 46.8 Å². The fourth-order valence-electron chi connectivity index (χ4n) is 6.28. The molecule has 0 radical (unpaired) electrons. The summed E-state index contributed by atoms with van der Waals surface area (Å²) in [5, 5.41) is 7.08. The summed E-state index contributed by atoms with van der Waals surface area (Å²) in [6.07, 6.45) is 4.94. The second kappa shape index (κ2) is 10.9. The largest absolute Gasteiger partial charge is 0.462 e. The molecule has 40 heavy (non-hydrogen) atoms. The van der Waals surface area contributed by atoms with Gasteiger partial charge in [-0.1, -0.05) is 26.0 Å². The SMILES string of the molecule is CCOC(=O)c1c(NC(=O)C2=C(C)NC3=C(C(=O)CC(C)(C)C3)[C@H]2c2ccc(N(C)C)cc2)sc2c1CCCC2. The van der Waals surface area contributed by atoms with Gasteiger partial charge in [0.05, 0.1) is 12.2 Å². The zero-order valence-corrected chi connectivity index (χ0v) is 25.1. The normalized spacial score (nSPS) is 19.9. The highest BCUT2D eigenvalue weighted by Crippen LogP contribution is 2.47. The number of ketones is 1. The first-order valence-electron chi connectivity index (χ1n) is 14.1. The number of allylic oxidation sites excluding steroid dienone is 3. The van der Waals surface area contributed by atoms with Crippen LogP contribution in [0.3, 0.4) is 0 Å². The number of hydrogen-bond donors (Lipinski definition) is 2. The number of carbonyl (C=O) groups excluding carboxylic acids is 3. The van der Waals surface area contributed by atoms with E-state index in [1.165, 1.54) is 11.3 Å². The van der Waals surface area contributed by atoms with Gasteiger partial charge in [-0.05, 0) is 74.6 Å². The summed E-state index contributed by atoms with van der Waals surface area (Å²) < 4.78 is 5.40. The molecule has 212 valence electrons. The molecule has 3 aliphatic rings. The lowest BCUT2D eigenvalue weighted by atomic mass is 9.68. The molecule has 1 aliphatic heterocycles. The number of dihydropyridines is 1. The van der Waals surface area contributed by atoms with Gasteiger partial charge in [0, 0.05) is 59.5 Å². The van der Waals surface area contributed by atoms with Crippen LogP contribution in [0, 0.1) is 5.41 Å². The van der Waals surface area contributed by atoms with E-state index in [4.69, 9.17) is 4.74 Å². The predicted molar refractivity (Wildman–Crippen MR) is 160 cm³/mol. The number of benzene rings is 1. The lowest BCUT2D eigenvalue weighted by Gasteiger charge is -2.39. The number of anilines is 2. The van der Waals surface area contributed by atoms with Crippen LogP contribution in [-0.4, -0.2) is 38.4 Å². The van der Waals surface area contributed by atoms with Gasteiger partial charge in [-0.15, -0.1) is 11.3 Å². The van der Waals surface area contributed by atoms with Crippen molar-refractivity contribution in [1.29, 1.82) is 0 Å². The topological polar surface area (TPSA) is 87.7 Å². The van der Waals surface area contributed by atoms with Gasteiger partial charge in [0.15, 0.2) is 5.78 Å². The van der Waals surface area contributed by atoms with Gasteiger partial charge in [0.25, 0.3) is 5.91 Å². The lowest BCUT2D eigenvalue weighted by molar-refractivity contribution is -0.118. The number of rotatable bonds is 6. The number of Topliss-reactive ketones (excluding diaryl/α,β-unsaturated/α-hetero) is 1. The van der Waals surface area contributed by atoms with Crippen LogP contribution in [0.2, 0.25) is 0 Å². The molecule has 7 nitrogen and oxygen atoms in total. The van der Waals surface area contributed by atoms with Crippen molar-refractivity contribution in [2.45, 2.75) is 72.1 Å². The van der Waals surface area contributed by atoms with Crippen molar-refractivity contribution in [3.63, 3.8) is 0 Å². The van der Waals surface area contributed by atoms with E-state index in [0.717, 1.165) is 65.2 Å². The summed E-state index contributed by atoms with van der Waals surface area (Å²) in [7, 11) is 3.97. The number of ether oxygens (including phenoxy) is 1. The highest BCUT2D eigenvalue weighted by Gasteiger charge is 2.43. The van der Waals surface area contributed by atoms with Crippen molar-refractivity contribution in [2.24, 2.45) is 5.41 Å². The second-order valence-corrected chi connectivity index (χ2v) is 13.1. The molecule has 0 bridgehead atoms. The second-order valence-electron chi connectivity index (χ2n) is 12.0. The van der Waals surface area contributed by atoms with Crippen molar-refractivity contribution in [3.05, 3.63) is 68.4 Å². The number of esters is 1. The van der Waals surface area contributed by atoms with Crippen LogP contribution in [-0.2, 0) is 27.2 Å². The Kier molecular flexibility index (Phi) is 7.66. The Hall–Kier alpha value is -3.39. The molecule has 2 aromatic rings. The lowest BCUT2D eigenvalue weighted by Crippen LogP contribution is -2.39. The van der Waals surface area contributed by atoms with Gasteiger partial charge in [-0.2, -0.15) is 0 Å². The van der Waals surface area contributed by atoms with Crippen molar-refractivity contribution in [2.75, 3.05) is 30.9 Å². The third-order valence-electron chi connectivity index (χ3n) is 8.11. The molecule has 1 amide bonds. The van der Waals surface area contributed by atoms with E-state index >= 15 is 0 Å². The molecule has 0 unspecified atom stereocenters. The maximum atomic E-state index is 14.2. The minimum absolute atomic E-state index is 0.0667. The molecule has 2 heterocycles. The Labute approximate surface area is 240 Å². The zero-order valence-electron chi connectivity index (χ0n) is 24.3. The molecule has 0 spiro atoms. The maximum Gasteiger partial charge on any atom is 0.341 e. The van der Waals surface area contributed by atoms with Crippen LogP contribution in [0.5, 0.6) is 0 Å². The number of nitrogens with one attached hydrogen (secondary N) is 2. The van der Waals surface area contributed by atoms with Crippen LogP contribution in [0.25, 0.3) is 0 Å². The molecule has 1 aromatic carbocycles. The number of amides is 1. The molecule has 0 saturated carbocycles. The Balaban J connectivity index is 1.58. The van der Waals surface area contributed by atoms with E-state index in [1.54, 1.807) is 6.92 Å². The molecule has 2 aliphatic carbocycles. The molecule has 2 N–H and O–H groups in total.